The standard InChI is InChI=1S/C26H30F2N6O5S/c1-4-7-40-25-30-23(29-16-9-13(16)12-5-6-14(27)15(28)8-12)20-24(31-25)34(33-32-20)17-10-18(37-11-19(35)36)22-21(17)38-26(2,3)39-22/h5-6,8,13,16-18,21-22H,4,7,9-11H2,1-3H3,(H,35,36)(H,29,30,31)/t13-,16?,17?,18+,21+,22-/m1/s1. The summed E-state index contributed by atoms with van der Waals surface area (Å²) in [7, 11) is 0. The summed E-state index contributed by atoms with van der Waals surface area (Å²) in [6.07, 6.45) is 0.638. The number of fused-ring (bicyclic) bond motifs is 2. The van der Waals surface area contributed by atoms with E-state index in [4.69, 9.17) is 29.3 Å². The number of rotatable bonds is 10. The number of ether oxygens (including phenoxy) is 3. The molecule has 14 heteroatoms. The molecule has 40 heavy (non-hydrogen) atoms. The second kappa shape index (κ2) is 10.5. The van der Waals surface area contributed by atoms with Crippen LogP contribution >= 0.6 is 11.8 Å². The van der Waals surface area contributed by atoms with Crippen molar-refractivity contribution in [1.82, 2.24) is 25.0 Å². The van der Waals surface area contributed by atoms with Crippen molar-refractivity contribution in [2.24, 2.45) is 0 Å². The number of carbonyl (C=O) groups is 1. The average molecular weight is 577 g/mol. The van der Waals surface area contributed by atoms with Gasteiger partial charge in [0.25, 0.3) is 0 Å². The highest BCUT2D eigenvalue weighted by atomic mass is 32.2. The van der Waals surface area contributed by atoms with E-state index in [2.05, 4.69) is 22.6 Å². The van der Waals surface area contributed by atoms with E-state index in [1.165, 1.54) is 17.8 Å². The smallest absolute Gasteiger partial charge is 0.329 e. The molecule has 3 aromatic rings. The van der Waals surface area contributed by atoms with Crippen molar-refractivity contribution >= 4 is 34.7 Å². The molecule has 2 aromatic heterocycles. The van der Waals surface area contributed by atoms with Crippen molar-refractivity contribution in [3.63, 3.8) is 0 Å². The Morgan fingerprint density at radius 2 is 2.02 bits per heavy atom. The maximum atomic E-state index is 13.8. The number of hydrogen-bond acceptors (Lipinski definition) is 10. The van der Waals surface area contributed by atoms with Crippen molar-refractivity contribution in [3.05, 3.63) is 35.4 Å². The van der Waals surface area contributed by atoms with Crippen LogP contribution in [-0.2, 0) is 19.0 Å². The molecular weight excluding hydrogens is 546 g/mol. The Labute approximate surface area is 233 Å². The van der Waals surface area contributed by atoms with E-state index in [9.17, 15) is 13.6 Å². The Bertz CT molecular complexity index is 1440. The van der Waals surface area contributed by atoms with Crippen LogP contribution in [0.3, 0.4) is 0 Å². The first-order valence-corrected chi connectivity index (χ1v) is 14.3. The maximum Gasteiger partial charge on any atom is 0.329 e. The summed E-state index contributed by atoms with van der Waals surface area (Å²) in [6.45, 7) is 5.23. The first-order chi connectivity index (χ1) is 19.1. The van der Waals surface area contributed by atoms with Crippen LogP contribution in [0.4, 0.5) is 14.6 Å². The second-order valence-electron chi connectivity index (χ2n) is 10.8. The van der Waals surface area contributed by atoms with E-state index >= 15 is 0 Å². The van der Waals surface area contributed by atoms with Crippen LogP contribution in [0.1, 0.15) is 57.6 Å². The molecule has 0 spiro atoms. The van der Waals surface area contributed by atoms with Crippen LogP contribution in [0.15, 0.2) is 23.4 Å². The van der Waals surface area contributed by atoms with Gasteiger partial charge in [0.2, 0.25) is 0 Å². The van der Waals surface area contributed by atoms with E-state index in [-0.39, 0.29) is 18.0 Å². The Balaban J connectivity index is 1.31. The predicted molar refractivity (Wildman–Crippen MR) is 140 cm³/mol. The minimum Gasteiger partial charge on any atom is -0.480 e. The summed E-state index contributed by atoms with van der Waals surface area (Å²) in [6, 6.07) is 3.59. The molecule has 3 heterocycles. The zero-order valence-corrected chi connectivity index (χ0v) is 23.0. The number of hydrogen-bond donors (Lipinski definition) is 2. The van der Waals surface area contributed by atoms with Gasteiger partial charge in [-0.1, -0.05) is 30.0 Å². The predicted octanol–water partition coefficient (Wildman–Crippen LogP) is 3.90. The van der Waals surface area contributed by atoms with Gasteiger partial charge in [-0.2, -0.15) is 0 Å². The van der Waals surface area contributed by atoms with Gasteiger partial charge in [-0.25, -0.2) is 28.2 Å². The third-order valence-corrected chi connectivity index (χ3v) is 8.39. The molecule has 6 rings (SSSR count). The van der Waals surface area contributed by atoms with Crippen LogP contribution in [0.5, 0.6) is 0 Å². The van der Waals surface area contributed by atoms with E-state index in [0.717, 1.165) is 30.2 Å². The molecule has 6 atom stereocenters. The first-order valence-electron chi connectivity index (χ1n) is 13.3. The van der Waals surface area contributed by atoms with Crippen LogP contribution in [0, 0.1) is 11.6 Å². The number of aromatic nitrogens is 5. The van der Waals surface area contributed by atoms with E-state index < -0.39 is 48.3 Å². The van der Waals surface area contributed by atoms with Gasteiger partial charge >= 0.3 is 5.97 Å². The number of nitrogens with one attached hydrogen (secondary N) is 1. The van der Waals surface area contributed by atoms with Crippen molar-refractivity contribution in [1.29, 1.82) is 0 Å². The quantitative estimate of drug-likeness (QED) is 0.269. The number of aliphatic carboxylic acids is 1. The van der Waals surface area contributed by atoms with Crippen molar-refractivity contribution in [3.8, 4) is 0 Å². The lowest BCUT2D eigenvalue weighted by Gasteiger charge is -2.23. The van der Waals surface area contributed by atoms with Crippen LogP contribution in [0.2, 0.25) is 0 Å². The zero-order valence-electron chi connectivity index (χ0n) is 22.2. The van der Waals surface area contributed by atoms with Gasteiger partial charge in [-0.3, -0.25) is 0 Å². The lowest BCUT2D eigenvalue weighted by molar-refractivity contribution is -0.173. The zero-order chi connectivity index (χ0) is 28.2. The van der Waals surface area contributed by atoms with E-state index in [1.807, 2.05) is 0 Å². The molecule has 2 aliphatic carbocycles. The van der Waals surface area contributed by atoms with Gasteiger partial charge in [0, 0.05) is 24.1 Å². The fourth-order valence-corrected chi connectivity index (χ4v) is 6.22. The van der Waals surface area contributed by atoms with Gasteiger partial charge in [0.05, 0.1) is 12.1 Å². The lowest BCUT2D eigenvalue weighted by atomic mass is 10.1. The van der Waals surface area contributed by atoms with Crippen LogP contribution < -0.4 is 5.32 Å². The average Bonchev–Trinajstić information content (AvgIpc) is 3.24. The molecule has 0 radical (unpaired) electrons. The summed E-state index contributed by atoms with van der Waals surface area (Å²) in [5, 5.41) is 22.0. The SMILES string of the molecule is CCCSc1nc(NC2C[C@@H]2c2ccc(F)c(F)c2)c2nnn(C3C[C@H](OCC(=O)O)[C@H]4OC(C)(C)O[C@@H]34)c2n1. The number of carboxylic acids is 1. The molecule has 3 fully saturated rings. The van der Waals surface area contributed by atoms with Gasteiger partial charge < -0.3 is 24.6 Å². The summed E-state index contributed by atoms with van der Waals surface area (Å²) in [5.74, 6) is -2.33. The fourth-order valence-electron chi connectivity index (χ4n) is 5.52. The monoisotopic (exact) mass is 576 g/mol. The highest BCUT2D eigenvalue weighted by molar-refractivity contribution is 7.99. The fraction of sp³-hybridized carbons (Fsp3) is 0.577. The number of anilines is 1. The number of benzene rings is 1. The number of thioether (sulfide) groups is 1. The molecule has 1 saturated heterocycles. The van der Waals surface area contributed by atoms with Crippen molar-refractivity contribution < 1.29 is 32.9 Å². The van der Waals surface area contributed by atoms with Gasteiger partial charge in [-0.15, -0.1) is 5.10 Å². The Morgan fingerprint density at radius 1 is 1.23 bits per heavy atom. The Kier molecular flexibility index (Phi) is 7.13. The van der Waals surface area contributed by atoms with Gasteiger partial charge in [-0.05, 0) is 44.4 Å². The van der Waals surface area contributed by atoms with Crippen molar-refractivity contribution in [2.75, 3.05) is 17.7 Å². The minimum absolute atomic E-state index is 0.0101. The summed E-state index contributed by atoms with van der Waals surface area (Å²) < 4.78 is 46.9. The number of halogens is 2. The normalized spacial score (nSPS) is 28.6. The molecule has 3 aliphatic rings. The largest absolute Gasteiger partial charge is 0.480 e. The van der Waals surface area contributed by atoms with E-state index in [0.29, 0.717) is 28.6 Å². The third-order valence-electron chi connectivity index (χ3n) is 7.34. The molecule has 2 N–H and O–H groups in total. The molecule has 2 saturated carbocycles. The van der Waals surface area contributed by atoms with Gasteiger partial charge in [0.1, 0.15) is 18.8 Å². The van der Waals surface area contributed by atoms with Crippen molar-refractivity contribution in [2.45, 2.75) is 87.3 Å². The highest BCUT2D eigenvalue weighted by Gasteiger charge is 2.56. The van der Waals surface area contributed by atoms with Crippen LogP contribution in [0.25, 0.3) is 11.2 Å². The molecule has 0 bridgehead atoms. The third kappa shape index (κ3) is 5.24. The molecule has 2 unspecified atom stereocenters. The van der Waals surface area contributed by atoms with E-state index in [1.54, 1.807) is 24.6 Å². The second-order valence-corrected chi connectivity index (χ2v) is 11.8. The Morgan fingerprint density at radius 3 is 2.77 bits per heavy atom. The summed E-state index contributed by atoms with van der Waals surface area (Å²) in [5.41, 5.74) is 1.70. The minimum atomic E-state index is -1.06. The highest BCUT2D eigenvalue weighted by Crippen LogP contribution is 2.46. The molecule has 11 nitrogen and oxygen atoms in total. The topological polar surface area (TPSA) is 134 Å². The summed E-state index contributed by atoms with van der Waals surface area (Å²) in [4.78, 5) is 20.7. The molecule has 1 aliphatic heterocycles. The lowest BCUT2D eigenvalue weighted by Crippen LogP contribution is -2.32. The molecule has 0 amide bonds. The Hall–Kier alpha value is -2.94. The molecule has 1 aromatic carbocycles. The molecule has 214 valence electrons. The maximum absolute atomic E-state index is 13.8. The first kappa shape index (κ1) is 27.2. The number of carboxylic acid groups (broad SMARTS) is 1. The van der Waals surface area contributed by atoms with Gasteiger partial charge in [0.15, 0.2) is 39.6 Å². The molecular formula is C26H30F2N6O5S. The summed E-state index contributed by atoms with van der Waals surface area (Å²) >= 11 is 1.52. The number of nitrogens with zero attached hydrogens (tertiary/aromatic N) is 5. The van der Waals surface area contributed by atoms with Crippen LogP contribution in [-0.4, -0.2) is 78.5 Å².